The summed E-state index contributed by atoms with van der Waals surface area (Å²) < 4.78 is 36.4. The van der Waals surface area contributed by atoms with Crippen LogP contribution in [0.4, 0.5) is 14.5 Å². The molecule has 0 unspecified atom stereocenters. The fourth-order valence-corrected chi connectivity index (χ4v) is 7.09. The molecular weight excluding hydrogens is 686 g/mol. The summed E-state index contributed by atoms with van der Waals surface area (Å²) in [4.78, 5) is 27.9. The Labute approximate surface area is 308 Å². The van der Waals surface area contributed by atoms with Gasteiger partial charge in [0.15, 0.2) is 0 Å². The van der Waals surface area contributed by atoms with Crippen molar-refractivity contribution in [3.05, 3.63) is 101 Å². The first-order valence-corrected chi connectivity index (χ1v) is 17.7. The summed E-state index contributed by atoms with van der Waals surface area (Å²) in [5.74, 6) is -2.11. The molecule has 52 heavy (non-hydrogen) atoms. The molecule has 3 aromatic carbocycles. The van der Waals surface area contributed by atoms with E-state index in [1.54, 1.807) is 6.92 Å². The van der Waals surface area contributed by atoms with Gasteiger partial charge in [0.2, 0.25) is 0 Å². The molecule has 0 bridgehead atoms. The number of nitrogens with one attached hydrogen (secondary N) is 3. The fourth-order valence-electron chi connectivity index (χ4n) is 7.09. The smallest absolute Gasteiger partial charge is 0.258 e. The van der Waals surface area contributed by atoms with Crippen molar-refractivity contribution < 1.29 is 23.4 Å². The number of halogens is 3. The van der Waals surface area contributed by atoms with E-state index in [9.17, 15) is 14.3 Å². The number of carbonyl (C=O) groups excluding carboxylic acids is 1. The molecule has 4 N–H and O–H groups in total. The lowest BCUT2D eigenvalue weighted by Crippen LogP contribution is -2.40. The van der Waals surface area contributed by atoms with E-state index in [1.807, 2.05) is 6.07 Å². The van der Waals surface area contributed by atoms with Crippen molar-refractivity contribution in [1.29, 1.82) is 0 Å². The summed E-state index contributed by atoms with van der Waals surface area (Å²) in [6, 6.07) is 16.9. The average Bonchev–Trinajstić information content (AvgIpc) is 3.56. The third-order valence-corrected chi connectivity index (χ3v) is 10.1. The molecule has 5 aromatic rings. The van der Waals surface area contributed by atoms with Crippen molar-refractivity contribution in [3.63, 3.8) is 0 Å². The molecule has 0 radical (unpaired) electrons. The van der Waals surface area contributed by atoms with Crippen LogP contribution in [0.5, 0.6) is 0 Å². The second-order valence-electron chi connectivity index (χ2n) is 14.3. The van der Waals surface area contributed by atoms with E-state index < -0.39 is 23.1 Å². The minimum Gasteiger partial charge on any atom is -0.386 e. The maximum atomic E-state index is 15.1. The Kier molecular flexibility index (Phi) is 11.4. The number of aromatic amines is 1. The summed E-state index contributed by atoms with van der Waals surface area (Å²) in [6.07, 6.45) is 6.51. The maximum absolute atomic E-state index is 15.1. The van der Waals surface area contributed by atoms with Crippen molar-refractivity contribution in [2.24, 2.45) is 0 Å². The molecule has 12 heteroatoms. The van der Waals surface area contributed by atoms with Crippen molar-refractivity contribution in [2.45, 2.75) is 70.8 Å². The van der Waals surface area contributed by atoms with Gasteiger partial charge >= 0.3 is 0 Å². The minimum absolute atomic E-state index is 0. The van der Waals surface area contributed by atoms with Crippen molar-refractivity contribution in [1.82, 2.24) is 25.2 Å². The zero-order chi connectivity index (χ0) is 35.7. The molecule has 4 heterocycles. The number of hydrogen-bond acceptors (Lipinski definition) is 7. The number of hydrogen-bond donors (Lipinski definition) is 4. The molecule has 2 aliphatic heterocycles. The van der Waals surface area contributed by atoms with Crippen LogP contribution in [0.1, 0.15) is 66.6 Å². The standard InChI is InChI=1S/C40H44F2N6O3.ClH/c1-24-32(19-28(41)20-35(24)47-39(49)31-9-8-27(18-34(31)42)40(2,3)50)37-33-21-36(46-38(33)45-23-44-37)26-6-4-25(5-7-26)22-48-16-12-30(13-17-48)51-29-10-14-43-15-11-29;/h4-9,18-21,23,29-30,43,50H,10-17,22H2,1-3H3,(H,47,49)(H,44,45,46);1H. The molecule has 2 fully saturated rings. The first-order valence-electron chi connectivity index (χ1n) is 17.7. The predicted molar refractivity (Wildman–Crippen MR) is 202 cm³/mol. The molecule has 7 rings (SSSR count). The van der Waals surface area contributed by atoms with E-state index in [2.05, 4.69) is 54.8 Å². The molecule has 0 atom stereocenters. The normalized spacial score (nSPS) is 16.2. The minimum atomic E-state index is -1.27. The molecule has 9 nitrogen and oxygen atoms in total. The largest absolute Gasteiger partial charge is 0.386 e. The van der Waals surface area contributed by atoms with Crippen LogP contribution in [0.3, 0.4) is 0 Å². The third kappa shape index (κ3) is 8.35. The van der Waals surface area contributed by atoms with Crippen molar-refractivity contribution in [3.8, 4) is 22.5 Å². The highest BCUT2D eigenvalue weighted by Crippen LogP contribution is 2.35. The Morgan fingerprint density at radius 3 is 2.38 bits per heavy atom. The highest BCUT2D eigenvalue weighted by atomic mass is 35.5. The summed E-state index contributed by atoms with van der Waals surface area (Å²) >= 11 is 0. The number of amides is 1. The number of fused-ring (bicyclic) bond motifs is 1. The van der Waals surface area contributed by atoms with Gasteiger partial charge in [-0.2, -0.15) is 0 Å². The SMILES string of the molecule is Cc1c(NC(=O)c2ccc(C(C)(C)O)cc2F)cc(F)cc1-c1ncnc2[nH]c(-c3ccc(CN4CCC(OC5CCNCC5)CC4)cc3)cc12.Cl. The first-order chi connectivity index (χ1) is 24.5. The Morgan fingerprint density at radius 2 is 1.69 bits per heavy atom. The van der Waals surface area contributed by atoms with Crippen LogP contribution < -0.4 is 10.6 Å². The first kappa shape index (κ1) is 37.5. The van der Waals surface area contributed by atoms with Crippen molar-refractivity contribution in [2.75, 3.05) is 31.5 Å². The van der Waals surface area contributed by atoms with Gasteiger partial charge in [-0.3, -0.25) is 9.69 Å². The van der Waals surface area contributed by atoms with Crippen LogP contribution in [-0.4, -0.2) is 69.3 Å². The summed E-state index contributed by atoms with van der Waals surface area (Å²) in [6.45, 7) is 9.86. The lowest BCUT2D eigenvalue weighted by Gasteiger charge is -2.35. The van der Waals surface area contributed by atoms with Gasteiger partial charge in [0, 0.05) is 42.0 Å². The van der Waals surface area contributed by atoms with Gasteiger partial charge < -0.3 is 25.5 Å². The second-order valence-corrected chi connectivity index (χ2v) is 14.3. The van der Waals surface area contributed by atoms with Crippen LogP contribution in [0, 0.1) is 18.6 Å². The summed E-state index contributed by atoms with van der Waals surface area (Å²) in [5, 5.41) is 17.0. The number of carbonyl (C=O) groups is 1. The Hall–Kier alpha value is -4.26. The fraction of sp³-hybridized carbons (Fsp3) is 0.375. The second kappa shape index (κ2) is 15.8. The highest BCUT2D eigenvalue weighted by molar-refractivity contribution is 6.06. The van der Waals surface area contributed by atoms with Crippen LogP contribution in [0.25, 0.3) is 33.5 Å². The average molecular weight is 731 g/mol. The molecule has 1 amide bonds. The van der Waals surface area contributed by atoms with E-state index in [1.165, 1.54) is 50.0 Å². The number of benzene rings is 3. The van der Waals surface area contributed by atoms with Gasteiger partial charge in [0.1, 0.15) is 23.6 Å². The number of ether oxygens (including phenoxy) is 1. The third-order valence-electron chi connectivity index (χ3n) is 10.1. The van der Waals surface area contributed by atoms with E-state index in [4.69, 9.17) is 4.74 Å². The number of rotatable bonds is 9. The quantitative estimate of drug-likeness (QED) is 0.124. The van der Waals surface area contributed by atoms with Gasteiger partial charge in [-0.25, -0.2) is 18.7 Å². The maximum Gasteiger partial charge on any atom is 0.258 e. The van der Waals surface area contributed by atoms with Crippen LogP contribution in [0.2, 0.25) is 0 Å². The van der Waals surface area contributed by atoms with Gasteiger partial charge in [0.05, 0.1) is 29.1 Å². The zero-order valence-electron chi connectivity index (χ0n) is 29.6. The Balaban J connectivity index is 0.00000464. The molecule has 2 aromatic heterocycles. The van der Waals surface area contributed by atoms with Crippen LogP contribution in [-0.2, 0) is 16.9 Å². The molecule has 0 aliphatic carbocycles. The summed E-state index contributed by atoms with van der Waals surface area (Å²) in [7, 11) is 0. The topological polar surface area (TPSA) is 115 Å². The van der Waals surface area contributed by atoms with Crippen molar-refractivity contribution >= 4 is 35.0 Å². The molecule has 274 valence electrons. The number of H-pyrrole nitrogens is 1. The number of nitrogens with zero attached hydrogens (tertiary/aromatic N) is 3. The van der Waals surface area contributed by atoms with E-state index in [0.717, 1.165) is 75.7 Å². The van der Waals surface area contributed by atoms with E-state index in [-0.39, 0.29) is 23.7 Å². The van der Waals surface area contributed by atoms with Gasteiger partial charge in [-0.15, -0.1) is 12.4 Å². The van der Waals surface area contributed by atoms with E-state index >= 15 is 4.39 Å². The molecule has 0 saturated carbocycles. The number of aliphatic hydroxyl groups is 1. The summed E-state index contributed by atoms with van der Waals surface area (Å²) in [5.41, 5.74) is 4.24. The molecule has 0 spiro atoms. The molecule has 2 saturated heterocycles. The lowest BCUT2D eigenvalue weighted by molar-refractivity contribution is -0.0539. The monoisotopic (exact) mass is 730 g/mol. The zero-order valence-corrected chi connectivity index (χ0v) is 30.5. The number of piperidine rings is 2. The Bertz CT molecular complexity index is 2030. The predicted octanol–water partition coefficient (Wildman–Crippen LogP) is 7.51. The van der Waals surface area contributed by atoms with Gasteiger partial charge in [-0.1, -0.05) is 30.3 Å². The molecule has 2 aliphatic rings. The van der Waals surface area contributed by atoms with E-state index in [0.29, 0.717) is 45.6 Å². The van der Waals surface area contributed by atoms with Crippen LogP contribution in [0.15, 0.2) is 67.0 Å². The van der Waals surface area contributed by atoms with Gasteiger partial charge in [0.25, 0.3) is 5.91 Å². The van der Waals surface area contributed by atoms with Gasteiger partial charge in [-0.05, 0) is 112 Å². The lowest BCUT2D eigenvalue weighted by atomic mass is 9.96. The Morgan fingerprint density at radius 1 is 0.981 bits per heavy atom. The highest BCUT2D eigenvalue weighted by Gasteiger charge is 2.25. The number of anilines is 1. The number of likely N-dealkylation sites (tertiary alicyclic amines) is 1. The molecular formula is C40H45ClF2N6O3. The number of aromatic nitrogens is 3. The van der Waals surface area contributed by atoms with Crippen LogP contribution >= 0.6 is 12.4 Å².